The van der Waals surface area contributed by atoms with Crippen LogP contribution in [0.1, 0.15) is 5.56 Å². The summed E-state index contributed by atoms with van der Waals surface area (Å²) in [6.45, 7) is 5.02. The molecular weight excluding hydrogens is 406 g/mol. The van der Waals surface area contributed by atoms with Gasteiger partial charge in [0.15, 0.2) is 11.5 Å². The van der Waals surface area contributed by atoms with E-state index in [-0.39, 0.29) is 12.8 Å². The number of ether oxygens (including phenoxy) is 2. The number of rotatable bonds is 5. The van der Waals surface area contributed by atoms with Crippen LogP contribution in [-0.2, 0) is 6.54 Å². The van der Waals surface area contributed by atoms with Crippen molar-refractivity contribution in [2.75, 3.05) is 48.5 Å². The van der Waals surface area contributed by atoms with E-state index in [9.17, 15) is 4.79 Å². The van der Waals surface area contributed by atoms with Gasteiger partial charge in [-0.3, -0.25) is 4.90 Å². The average Bonchev–Trinajstić information content (AvgIpc) is 3.29. The number of nitrogens with one attached hydrogen (secondary N) is 2. The van der Waals surface area contributed by atoms with Gasteiger partial charge in [-0.1, -0.05) is 18.2 Å². The predicted octanol–water partition coefficient (Wildman–Crippen LogP) is 3.78. The number of amides is 2. The first-order valence-corrected chi connectivity index (χ1v) is 10.7. The zero-order valence-electron chi connectivity index (χ0n) is 17.7. The Morgan fingerprint density at radius 2 is 1.62 bits per heavy atom. The molecule has 2 amide bonds. The molecule has 32 heavy (non-hydrogen) atoms. The Labute approximate surface area is 186 Å². The predicted molar refractivity (Wildman–Crippen MR) is 123 cm³/mol. The molecule has 0 unspecified atom stereocenters. The van der Waals surface area contributed by atoms with Gasteiger partial charge in [0.05, 0.1) is 0 Å². The second-order valence-corrected chi connectivity index (χ2v) is 7.80. The first-order chi connectivity index (χ1) is 15.7. The minimum absolute atomic E-state index is 0.206. The molecule has 0 saturated carbocycles. The molecule has 0 spiro atoms. The molecule has 0 radical (unpaired) electrons. The normalized spacial score (nSPS) is 15.4. The second kappa shape index (κ2) is 9.15. The monoisotopic (exact) mass is 431 g/mol. The molecule has 2 N–H and O–H groups in total. The maximum Gasteiger partial charge on any atom is 0.323 e. The summed E-state index contributed by atoms with van der Waals surface area (Å²) in [5.74, 6) is 2.36. The molecule has 8 heteroatoms. The third-order valence-electron chi connectivity index (χ3n) is 5.59. The van der Waals surface area contributed by atoms with Crippen LogP contribution in [0.4, 0.5) is 22.0 Å². The molecular formula is C24H25N5O3. The van der Waals surface area contributed by atoms with E-state index in [1.165, 1.54) is 5.56 Å². The summed E-state index contributed by atoms with van der Waals surface area (Å²) in [5.41, 5.74) is 2.61. The fourth-order valence-corrected chi connectivity index (χ4v) is 3.90. The highest BCUT2D eigenvalue weighted by atomic mass is 16.7. The van der Waals surface area contributed by atoms with Crippen molar-refractivity contribution < 1.29 is 14.3 Å². The lowest BCUT2D eigenvalue weighted by molar-refractivity contribution is 0.174. The Bertz CT molecular complexity index is 1070. The summed E-state index contributed by atoms with van der Waals surface area (Å²) >= 11 is 0. The van der Waals surface area contributed by atoms with Crippen LogP contribution < -0.4 is 25.0 Å². The molecule has 0 atom stereocenters. The molecule has 0 bridgehead atoms. The number of hydrogen-bond donors (Lipinski definition) is 2. The highest BCUT2D eigenvalue weighted by Gasteiger charge is 2.18. The van der Waals surface area contributed by atoms with Crippen LogP contribution in [0.15, 0.2) is 66.9 Å². The first kappa shape index (κ1) is 20.1. The summed E-state index contributed by atoms with van der Waals surface area (Å²) in [5, 5.41) is 5.68. The molecule has 1 aromatic heterocycles. The number of fused-ring (bicyclic) bond motifs is 1. The van der Waals surface area contributed by atoms with Gasteiger partial charge in [0.2, 0.25) is 6.79 Å². The number of carbonyl (C=O) groups is 1. The zero-order chi connectivity index (χ0) is 21.8. The molecule has 0 aliphatic carbocycles. The smallest absolute Gasteiger partial charge is 0.323 e. The van der Waals surface area contributed by atoms with Gasteiger partial charge < -0.3 is 25.0 Å². The Morgan fingerprint density at radius 1 is 0.875 bits per heavy atom. The highest BCUT2D eigenvalue weighted by molar-refractivity contribution is 5.99. The van der Waals surface area contributed by atoms with E-state index in [2.05, 4.69) is 43.6 Å². The van der Waals surface area contributed by atoms with E-state index in [1.807, 2.05) is 30.5 Å². The van der Waals surface area contributed by atoms with Crippen molar-refractivity contribution in [1.82, 2.24) is 9.88 Å². The molecule has 3 heterocycles. The molecule has 8 nitrogen and oxygen atoms in total. The quantitative estimate of drug-likeness (QED) is 0.640. The van der Waals surface area contributed by atoms with Gasteiger partial charge in [0, 0.05) is 56.4 Å². The van der Waals surface area contributed by atoms with E-state index in [0.29, 0.717) is 17.2 Å². The van der Waals surface area contributed by atoms with E-state index in [4.69, 9.17) is 9.47 Å². The van der Waals surface area contributed by atoms with E-state index in [0.717, 1.165) is 44.2 Å². The lowest BCUT2D eigenvalue weighted by Gasteiger charge is -2.35. The van der Waals surface area contributed by atoms with Gasteiger partial charge in [-0.25, -0.2) is 9.78 Å². The summed E-state index contributed by atoms with van der Waals surface area (Å²) in [4.78, 5) is 21.5. The molecule has 3 aromatic rings. The van der Waals surface area contributed by atoms with Crippen molar-refractivity contribution in [3.63, 3.8) is 0 Å². The summed E-state index contributed by atoms with van der Waals surface area (Å²) < 4.78 is 10.6. The number of benzene rings is 2. The van der Waals surface area contributed by atoms with Crippen molar-refractivity contribution in [3.8, 4) is 11.5 Å². The van der Waals surface area contributed by atoms with Crippen LogP contribution in [0.5, 0.6) is 11.5 Å². The maximum atomic E-state index is 12.3. The van der Waals surface area contributed by atoms with E-state index in [1.54, 1.807) is 18.2 Å². The summed E-state index contributed by atoms with van der Waals surface area (Å²) in [7, 11) is 0. The Morgan fingerprint density at radius 3 is 2.41 bits per heavy atom. The number of hydrogen-bond acceptors (Lipinski definition) is 6. The van der Waals surface area contributed by atoms with Crippen molar-refractivity contribution in [2.45, 2.75) is 6.54 Å². The highest BCUT2D eigenvalue weighted by Crippen LogP contribution is 2.34. The van der Waals surface area contributed by atoms with Gasteiger partial charge in [-0.15, -0.1) is 0 Å². The van der Waals surface area contributed by atoms with Gasteiger partial charge in [-0.2, -0.15) is 0 Å². The number of aromatic nitrogens is 1. The molecule has 2 aliphatic rings. The van der Waals surface area contributed by atoms with Crippen molar-refractivity contribution in [3.05, 3.63) is 72.4 Å². The molecule has 2 aromatic carbocycles. The average molecular weight is 431 g/mol. The minimum Gasteiger partial charge on any atom is -0.454 e. The van der Waals surface area contributed by atoms with Gasteiger partial charge >= 0.3 is 6.03 Å². The number of carbonyl (C=O) groups excluding carboxylic acids is 1. The van der Waals surface area contributed by atoms with E-state index >= 15 is 0 Å². The first-order valence-electron chi connectivity index (χ1n) is 10.7. The zero-order valence-corrected chi connectivity index (χ0v) is 17.7. The Hall–Kier alpha value is -3.78. The van der Waals surface area contributed by atoms with Crippen molar-refractivity contribution >= 4 is 23.2 Å². The van der Waals surface area contributed by atoms with Crippen LogP contribution in [0.25, 0.3) is 0 Å². The Kier molecular flexibility index (Phi) is 5.76. The van der Waals surface area contributed by atoms with Crippen molar-refractivity contribution in [1.29, 1.82) is 0 Å². The van der Waals surface area contributed by atoms with Gasteiger partial charge in [0.25, 0.3) is 0 Å². The third kappa shape index (κ3) is 4.76. The number of anilines is 3. The largest absolute Gasteiger partial charge is 0.454 e. The fraction of sp³-hybridized carbons (Fsp3) is 0.250. The van der Waals surface area contributed by atoms with Crippen LogP contribution in [-0.4, -0.2) is 48.9 Å². The van der Waals surface area contributed by atoms with Gasteiger partial charge in [0.1, 0.15) is 5.82 Å². The fourth-order valence-electron chi connectivity index (χ4n) is 3.90. The topological polar surface area (TPSA) is 79.0 Å². The number of pyridine rings is 1. The van der Waals surface area contributed by atoms with E-state index < -0.39 is 0 Å². The standard InChI is InChI=1S/C24H25N5O3/c30-24(27-20-8-9-21-22(15-20)32-17-31-21)26-19-6-4-18(5-7-19)16-28-11-13-29(14-12-28)23-3-1-2-10-25-23/h1-10,15H,11-14,16-17H2,(H2,26,27,30). The summed E-state index contributed by atoms with van der Waals surface area (Å²) in [6, 6.07) is 19.0. The second-order valence-electron chi connectivity index (χ2n) is 7.80. The molecule has 2 aliphatic heterocycles. The molecule has 1 fully saturated rings. The number of piperazine rings is 1. The van der Waals surface area contributed by atoms with Crippen LogP contribution in [0.3, 0.4) is 0 Å². The molecule has 5 rings (SSSR count). The van der Waals surface area contributed by atoms with Crippen molar-refractivity contribution in [2.24, 2.45) is 0 Å². The molecule has 1 saturated heterocycles. The minimum atomic E-state index is -0.303. The third-order valence-corrected chi connectivity index (χ3v) is 5.59. The number of urea groups is 1. The Balaban J connectivity index is 1.10. The van der Waals surface area contributed by atoms with Gasteiger partial charge in [-0.05, 0) is 42.0 Å². The molecule has 164 valence electrons. The summed E-state index contributed by atoms with van der Waals surface area (Å²) in [6.07, 6.45) is 1.84. The van der Waals surface area contributed by atoms with Crippen LogP contribution in [0, 0.1) is 0 Å². The maximum absolute atomic E-state index is 12.3. The van der Waals surface area contributed by atoms with Crippen LogP contribution in [0.2, 0.25) is 0 Å². The van der Waals surface area contributed by atoms with Crippen LogP contribution >= 0.6 is 0 Å². The SMILES string of the molecule is O=C(Nc1ccc(CN2CCN(c3ccccn3)CC2)cc1)Nc1ccc2c(c1)OCO2. The lowest BCUT2D eigenvalue weighted by atomic mass is 10.1. The number of nitrogens with zero attached hydrogens (tertiary/aromatic N) is 3. The lowest BCUT2D eigenvalue weighted by Crippen LogP contribution is -2.46.